The molecule has 1 aromatic carbocycles. The van der Waals surface area contributed by atoms with E-state index in [9.17, 15) is 18.0 Å². The van der Waals surface area contributed by atoms with Crippen molar-refractivity contribution < 1.29 is 18.0 Å². The zero-order chi connectivity index (χ0) is 20.3. The van der Waals surface area contributed by atoms with E-state index in [-0.39, 0.29) is 18.5 Å². The minimum absolute atomic E-state index is 0.134. The van der Waals surface area contributed by atoms with Crippen molar-refractivity contribution in [3.63, 3.8) is 0 Å². The lowest BCUT2D eigenvalue weighted by Gasteiger charge is -2.26. The van der Waals surface area contributed by atoms with Gasteiger partial charge in [-0.05, 0) is 42.0 Å². The summed E-state index contributed by atoms with van der Waals surface area (Å²) < 4.78 is 40.3. The molecule has 2 rings (SSSR count). The predicted molar refractivity (Wildman–Crippen MR) is 101 cm³/mol. The molecule has 1 amide bonds. The number of nitrogens with zero attached hydrogens (tertiary/aromatic N) is 2. The zero-order valence-corrected chi connectivity index (χ0v) is 16.2. The molecule has 0 radical (unpaired) electrons. The number of allylic oxidation sites excluding steroid dienone is 1. The van der Waals surface area contributed by atoms with Gasteiger partial charge in [-0.1, -0.05) is 31.5 Å². The molecule has 8 heteroatoms. The van der Waals surface area contributed by atoms with Crippen LogP contribution in [0, 0.1) is 0 Å². The van der Waals surface area contributed by atoms with E-state index in [4.69, 9.17) is 17.3 Å². The highest BCUT2D eigenvalue weighted by Crippen LogP contribution is 2.33. The van der Waals surface area contributed by atoms with Gasteiger partial charge in [0.2, 0.25) is 5.97 Å². The monoisotopic (exact) mass is 401 g/mol. The maximum absolute atomic E-state index is 14.1. The Morgan fingerprint density at radius 1 is 1.37 bits per heavy atom. The van der Waals surface area contributed by atoms with Crippen LogP contribution in [0.2, 0.25) is 5.02 Å². The molecular formula is C19H23ClF3N3O. The number of amides is 1. The van der Waals surface area contributed by atoms with Gasteiger partial charge >= 0.3 is 0 Å². The quantitative estimate of drug-likeness (QED) is 0.542. The van der Waals surface area contributed by atoms with Gasteiger partial charge in [0.25, 0.3) is 12.3 Å². The van der Waals surface area contributed by atoms with E-state index in [1.165, 1.54) is 4.90 Å². The van der Waals surface area contributed by atoms with Crippen molar-refractivity contribution in [1.82, 2.24) is 4.90 Å². The second kappa shape index (κ2) is 8.78. The van der Waals surface area contributed by atoms with Crippen molar-refractivity contribution in [2.45, 2.75) is 51.6 Å². The summed E-state index contributed by atoms with van der Waals surface area (Å²) in [4.78, 5) is 17.6. The molecule has 0 bridgehead atoms. The Kier molecular flexibility index (Phi) is 6.92. The van der Waals surface area contributed by atoms with Gasteiger partial charge in [-0.15, -0.1) is 0 Å². The molecule has 1 saturated carbocycles. The fourth-order valence-electron chi connectivity index (χ4n) is 2.91. The molecule has 1 aliphatic carbocycles. The number of alkyl halides is 2. The van der Waals surface area contributed by atoms with Gasteiger partial charge < -0.3 is 10.6 Å². The second-order valence-electron chi connectivity index (χ2n) is 6.81. The lowest BCUT2D eigenvalue weighted by molar-refractivity contribution is -0.128. The lowest BCUT2D eigenvalue weighted by Crippen LogP contribution is -2.37. The number of halogens is 4. The Labute approximate surface area is 161 Å². The molecule has 0 aromatic heterocycles. The second-order valence-corrected chi connectivity index (χ2v) is 7.24. The topological polar surface area (TPSA) is 58.7 Å². The lowest BCUT2D eigenvalue weighted by atomic mass is 9.96. The van der Waals surface area contributed by atoms with Crippen LogP contribution in [0.15, 0.2) is 34.5 Å². The smallest absolute Gasteiger partial charge is 0.278 e. The fraction of sp³-hybridized carbons (Fsp3) is 0.474. The zero-order valence-electron chi connectivity index (χ0n) is 15.5. The number of nitrogens with two attached hydrogens (primary N) is 1. The first-order chi connectivity index (χ1) is 12.7. The molecular weight excluding hydrogens is 379 g/mol. The van der Waals surface area contributed by atoms with Crippen LogP contribution in [0.4, 0.5) is 13.2 Å². The van der Waals surface area contributed by atoms with E-state index in [1.807, 2.05) is 19.9 Å². The van der Waals surface area contributed by atoms with Crippen molar-refractivity contribution in [1.29, 1.82) is 0 Å². The van der Waals surface area contributed by atoms with Gasteiger partial charge in [-0.2, -0.15) is 4.39 Å². The Morgan fingerprint density at radius 2 is 2.00 bits per heavy atom. The van der Waals surface area contributed by atoms with Gasteiger partial charge in [0.1, 0.15) is 5.57 Å². The van der Waals surface area contributed by atoms with Crippen LogP contribution in [0.1, 0.15) is 43.7 Å². The molecule has 1 aromatic rings. The highest BCUT2D eigenvalue weighted by atomic mass is 35.5. The van der Waals surface area contributed by atoms with Gasteiger partial charge in [0.05, 0.1) is 5.70 Å². The van der Waals surface area contributed by atoms with E-state index < -0.39 is 29.6 Å². The van der Waals surface area contributed by atoms with E-state index >= 15 is 0 Å². The predicted octanol–water partition coefficient (Wildman–Crippen LogP) is 4.43. The number of aliphatic imine (C=N–C) groups is 1. The minimum Gasteiger partial charge on any atom is -0.397 e. The molecule has 0 aliphatic heterocycles. The maximum atomic E-state index is 14.1. The third-order valence-corrected chi connectivity index (χ3v) is 4.69. The van der Waals surface area contributed by atoms with Gasteiger partial charge in [0.15, 0.2) is 0 Å². The summed E-state index contributed by atoms with van der Waals surface area (Å²) in [7, 11) is 1.08. The average molecular weight is 402 g/mol. The van der Waals surface area contributed by atoms with E-state index in [2.05, 4.69) is 4.99 Å². The molecule has 0 unspecified atom stereocenters. The van der Waals surface area contributed by atoms with Crippen LogP contribution in [0.25, 0.3) is 0 Å². The van der Waals surface area contributed by atoms with Crippen LogP contribution in [-0.4, -0.2) is 36.3 Å². The summed E-state index contributed by atoms with van der Waals surface area (Å²) in [5, 5.41) is 0.502. The molecule has 27 heavy (non-hydrogen) atoms. The first-order valence-electron chi connectivity index (χ1n) is 8.67. The molecule has 0 atom stereocenters. The number of benzene rings is 1. The molecule has 1 fully saturated rings. The number of hydrogen-bond donors (Lipinski definition) is 1. The van der Waals surface area contributed by atoms with Crippen molar-refractivity contribution >= 4 is 23.5 Å². The summed E-state index contributed by atoms with van der Waals surface area (Å²) in [5.74, 6) is -2.00. The maximum Gasteiger partial charge on any atom is 0.278 e. The number of carbonyl (C=O) groups excluding carboxylic acids is 1. The Morgan fingerprint density at radius 3 is 2.48 bits per heavy atom. The van der Waals surface area contributed by atoms with Gasteiger partial charge in [-0.25, -0.2) is 8.78 Å². The van der Waals surface area contributed by atoms with E-state index in [1.54, 1.807) is 12.1 Å². The highest BCUT2D eigenvalue weighted by Gasteiger charge is 2.37. The fourth-order valence-corrected chi connectivity index (χ4v) is 3.10. The normalized spacial score (nSPS) is 16.0. The van der Waals surface area contributed by atoms with Crippen LogP contribution >= 0.6 is 11.6 Å². The third-order valence-electron chi connectivity index (χ3n) is 4.46. The van der Waals surface area contributed by atoms with Crippen molar-refractivity contribution in [3.05, 3.63) is 45.6 Å². The van der Waals surface area contributed by atoms with E-state index in [0.29, 0.717) is 5.02 Å². The molecule has 0 saturated heterocycles. The number of hydrogen-bond acceptors (Lipinski definition) is 3. The molecule has 148 valence electrons. The highest BCUT2D eigenvalue weighted by molar-refractivity contribution is 6.30. The first kappa shape index (κ1) is 21.3. The van der Waals surface area contributed by atoms with Crippen LogP contribution < -0.4 is 5.73 Å². The summed E-state index contributed by atoms with van der Waals surface area (Å²) in [6.45, 7) is 4.13. The molecule has 1 aliphatic rings. The minimum atomic E-state index is -3.16. The number of carbonyl (C=O) groups is 1. The summed E-state index contributed by atoms with van der Waals surface area (Å²) >= 11 is 6.10. The van der Waals surface area contributed by atoms with Crippen molar-refractivity contribution in [2.75, 3.05) is 7.05 Å². The Balaban J connectivity index is 2.45. The molecule has 4 nitrogen and oxygen atoms in total. The van der Waals surface area contributed by atoms with Gasteiger partial charge in [-0.3, -0.25) is 9.79 Å². The average Bonchev–Trinajstić information content (AvgIpc) is 3.43. The third kappa shape index (κ3) is 5.03. The number of rotatable bonds is 7. The van der Waals surface area contributed by atoms with Crippen molar-refractivity contribution in [3.8, 4) is 0 Å². The SMILES string of the molecule is CN=C(F)C(C(=O)N(Cc1cc(Cl)ccc1C(C)C)C1CC1)=C(N)C(F)F. The molecule has 0 heterocycles. The Bertz CT molecular complexity index is 773. The van der Waals surface area contributed by atoms with E-state index in [0.717, 1.165) is 31.0 Å². The molecule has 0 spiro atoms. The largest absolute Gasteiger partial charge is 0.397 e. The van der Waals surface area contributed by atoms with Crippen molar-refractivity contribution in [2.24, 2.45) is 10.7 Å². The van der Waals surface area contributed by atoms with Crippen LogP contribution in [-0.2, 0) is 11.3 Å². The summed E-state index contributed by atoms with van der Waals surface area (Å²) in [6, 6.07) is 5.22. The first-order valence-corrected chi connectivity index (χ1v) is 9.04. The van der Waals surface area contributed by atoms with Gasteiger partial charge in [0, 0.05) is 24.7 Å². The van der Waals surface area contributed by atoms with Crippen LogP contribution in [0.5, 0.6) is 0 Å². The standard InChI is InChI=1S/C19H23ClF3N3O/c1-10(2)14-7-4-12(20)8-11(14)9-26(13-5-6-13)19(27)15(18(23)25-3)16(24)17(21)22/h4,7-8,10,13,17H,5-6,9,24H2,1-3H3. The summed E-state index contributed by atoms with van der Waals surface area (Å²) in [6.07, 6.45) is -1.72. The van der Waals surface area contributed by atoms with Crippen LogP contribution in [0.3, 0.4) is 0 Å². The summed E-state index contributed by atoms with van der Waals surface area (Å²) in [5.41, 5.74) is 5.13. The molecule has 2 N–H and O–H groups in total. The Hall–Kier alpha value is -2.02.